The van der Waals surface area contributed by atoms with Gasteiger partial charge in [-0.25, -0.2) is 0 Å². The molecule has 128 valence electrons. The maximum atomic E-state index is 12.2. The SMILES string of the molecule is Cc1ccc(SCc2nnc(C(=O)NCc3ccccc3)s2)cc1C. The number of rotatable bonds is 6. The zero-order valence-corrected chi connectivity index (χ0v) is 15.8. The standard InChI is InChI=1S/C19H19N3OS2/c1-13-8-9-16(10-14(13)2)24-12-17-21-22-19(25-17)18(23)20-11-15-6-4-3-5-7-15/h3-10H,11-12H2,1-2H3,(H,20,23). The smallest absolute Gasteiger partial charge is 0.282 e. The van der Waals surface area contributed by atoms with Gasteiger partial charge in [0, 0.05) is 11.4 Å². The Morgan fingerprint density at radius 1 is 1.08 bits per heavy atom. The normalized spacial score (nSPS) is 10.6. The van der Waals surface area contributed by atoms with Crippen LogP contribution in [0, 0.1) is 13.8 Å². The molecule has 1 N–H and O–H groups in total. The summed E-state index contributed by atoms with van der Waals surface area (Å²) in [5, 5.41) is 12.3. The fraction of sp³-hybridized carbons (Fsp3) is 0.211. The number of hydrogen-bond donors (Lipinski definition) is 1. The number of benzene rings is 2. The van der Waals surface area contributed by atoms with Crippen molar-refractivity contribution in [2.75, 3.05) is 0 Å². The van der Waals surface area contributed by atoms with Gasteiger partial charge in [0.15, 0.2) is 0 Å². The van der Waals surface area contributed by atoms with Gasteiger partial charge in [-0.2, -0.15) is 0 Å². The molecule has 0 saturated heterocycles. The van der Waals surface area contributed by atoms with Crippen LogP contribution in [0.5, 0.6) is 0 Å². The molecular formula is C19H19N3OS2. The molecule has 0 spiro atoms. The van der Waals surface area contributed by atoms with E-state index in [1.165, 1.54) is 27.4 Å². The topological polar surface area (TPSA) is 54.9 Å². The van der Waals surface area contributed by atoms with Gasteiger partial charge < -0.3 is 5.32 Å². The van der Waals surface area contributed by atoms with Gasteiger partial charge in [-0.05, 0) is 42.7 Å². The average molecular weight is 370 g/mol. The summed E-state index contributed by atoms with van der Waals surface area (Å²) in [6, 6.07) is 16.2. The lowest BCUT2D eigenvalue weighted by atomic mass is 10.1. The van der Waals surface area contributed by atoms with Gasteiger partial charge in [-0.1, -0.05) is 47.7 Å². The summed E-state index contributed by atoms with van der Waals surface area (Å²) in [6.45, 7) is 4.71. The molecule has 3 aromatic rings. The van der Waals surface area contributed by atoms with Crippen molar-refractivity contribution in [1.82, 2.24) is 15.5 Å². The van der Waals surface area contributed by atoms with Gasteiger partial charge in [0.2, 0.25) is 5.01 Å². The van der Waals surface area contributed by atoms with Crippen molar-refractivity contribution in [2.45, 2.75) is 31.0 Å². The minimum absolute atomic E-state index is 0.177. The molecule has 3 rings (SSSR count). The third-order valence-electron chi connectivity index (χ3n) is 3.80. The van der Waals surface area contributed by atoms with Crippen LogP contribution in [0.3, 0.4) is 0 Å². The molecule has 4 nitrogen and oxygen atoms in total. The van der Waals surface area contributed by atoms with E-state index in [0.717, 1.165) is 10.6 Å². The van der Waals surface area contributed by atoms with Gasteiger partial charge in [-0.3, -0.25) is 4.79 Å². The van der Waals surface area contributed by atoms with Crippen LogP contribution < -0.4 is 5.32 Å². The molecule has 0 bridgehead atoms. The second-order valence-corrected chi connectivity index (χ2v) is 7.81. The first-order chi connectivity index (χ1) is 12.1. The summed E-state index contributed by atoms with van der Waals surface area (Å²) in [7, 11) is 0. The number of aryl methyl sites for hydroxylation is 2. The van der Waals surface area contributed by atoms with E-state index >= 15 is 0 Å². The summed E-state index contributed by atoms with van der Waals surface area (Å²) < 4.78 is 0. The molecule has 0 aliphatic carbocycles. The molecule has 1 amide bonds. The van der Waals surface area contributed by atoms with Gasteiger partial charge in [0.1, 0.15) is 5.01 Å². The molecule has 0 radical (unpaired) electrons. The number of hydrogen-bond acceptors (Lipinski definition) is 5. The van der Waals surface area contributed by atoms with E-state index < -0.39 is 0 Å². The minimum Gasteiger partial charge on any atom is -0.346 e. The lowest BCUT2D eigenvalue weighted by Crippen LogP contribution is -2.22. The lowest BCUT2D eigenvalue weighted by molar-refractivity contribution is 0.0950. The number of carbonyl (C=O) groups excluding carboxylic acids is 1. The molecule has 0 atom stereocenters. The predicted octanol–water partition coefficient (Wildman–Crippen LogP) is 4.38. The molecule has 0 aliphatic rings. The molecular weight excluding hydrogens is 350 g/mol. The Hall–Kier alpha value is -2.18. The molecule has 0 aliphatic heterocycles. The van der Waals surface area contributed by atoms with Crippen LogP contribution in [-0.2, 0) is 12.3 Å². The molecule has 2 aromatic carbocycles. The van der Waals surface area contributed by atoms with Crippen molar-refractivity contribution < 1.29 is 4.79 Å². The van der Waals surface area contributed by atoms with Crippen molar-refractivity contribution in [3.8, 4) is 0 Å². The third kappa shape index (κ3) is 4.90. The monoisotopic (exact) mass is 369 g/mol. The highest BCUT2D eigenvalue weighted by molar-refractivity contribution is 7.98. The number of nitrogens with one attached hydrogen (secondary N) is 1. The number of thioether (sulfide) groups is 1. The molecule has 25 heavy (non-hydrogen) atoms. The summed E-state index contributed by atoms with van der Waals surface area (Å²) in [5.41, 5.74) is 3.63. The van der Waals surface area contributed by atoms with Crippen molar-refractivity contribution in [3.63, 3.8) is 0 Å². The molecule has 0 saturated carbocycles. The first kappa shape index (κ1) is 17.6. The zero-order valence-electron chi connectivity index (χ0n) is 14.2. The van der Waals surface area contributed by atoms with Crippen molar-refractivity contribution in [1.29, 1.82) is 0 Å². The second-order valence-electron chi connectivity index (χ2n) is 5.70. The largest absolute Gasteiger partial charge is 0.346 e. The molecule has 0 unspecified atom stereocenters. The van der Waals surface area contributed by atoms with E-state index in [2.05, 4.69) is 47.6 Å². The Kier molecular flexibility index (Phi) is 5.83. The van der Waals surface area contributed by atoms with Crippen LogP contribution in [0.4, 0.5) is 0 Å². The Morgan fingerprint density at radius 2 is 1.88 bits per heavy atom. The summed E-state index contributed by atoms with van der Waals surface area (Å²) in [5.74, 6) is 0.537. The molecule has 1 heterocycles. The first-order valence-electron chi connectivity index (χ1n) is 7.96. The van der Waals surface area contributed by atoms with Crippen LogP contribution in [-0.4, -0.2) is 16.1 Å². The quantitative estimate of drug-likeness (QED) is 0.655. The van der Waals surface area contributed by atoms with Crippen molar-refractivity contribution in [2.24, 2.45) is 0 Å². The molecule has 1 aromatic heterocycles. The van der Waals surface area contributed by atoms with Crippen LogP contribution >= 0.6 is 23.1 Å². The fourth-order valence-corrected chi connectivity index (χ4v) is 3.94. The second kappa shape index (κ2) is 8.27. The Labute approximate surface area is 155 Å². The highest BCUT2D eigenvalue weighted by Crippen LogP contribution is 2.26. The van der Waals surface area contributed by atoms with Crippen molar-refractivity contribution >= 4 is 29.0 Å². The van der Waals surface area contributed by atoms with Gasteiger partial charge in [0.25, 0.3) is 5.91 Å². The Bertz CT molecular complexity index is 862. The van der Waals surface area contributed by atoms with E-state index in [9.17, 15) is 4.79 Å². The van der Waals surface area contributed by atoms with Gasteiger partial charge in [-0.15, -0.1) is 22.0 Å². The summed E-state index contributed by atoms with van der Waals surface area (Å²) in [6.07, 6.45) is 0. The number of carbonyl (C=O) groups is 1. The highest BCUT2D eigenvalue weighted by atomic mass is 32.2. The predicted molar refractivity (Wildman–Crippen MR) is 103 cm³/mol. The van der Waals surface area contributed by atoms with Gasteiger partial charge >= 0.3 is 0 Å². The zero-order chi connectivity index (χ0) is 17.6. The number of amides is 1. The van der Waals surface area contributed by atoms with E-state index in [4.69, 9.17) is 0 Å². The number of nitrogens with zero attached hydrogens (tertiary/aromatic N) is 2. The van der Waals surface area contributed by atoms with E-state index in [1.807, 2.05) is 30.3 Å². The highest BCUT2D eigenvalue weighted by Gasteiger charge is 2.12. The maximum absolute atomic E-state index is 12.2. The number of aromatic nitrogens is 2. The summed E-state index contributed by atoms with van der Waals surface area (Å²) in [4.78, 5) is 13.4. The molecule has 0 fully saturated rings. The Morgan fingerprint density at radius 3 is 2.64 bits per heavy atom. The van der Waals surface area contributed by atoms with E-state index in [1.54, 1.807) is 11.8 Å². The first-order valence-corrected chi connectivity index (χ1v) is 9.76. The average Bonchev–Trinajstić information content (AvgIpc) is 3.11. The lowest BCUT2D eigenvalue weighted by Gasteiger charge is -2.03. The maximum Gasteiger partial charge on any atom is 0.282 e. The van der Waals surface area contributed by atoms with Crippen molar-refractivity contribution in [3.05, 3.63) is 75.2 Å². The van der Waals surface area contributed by atoms with E-state index in [-0.39, 0.29) is 5.91 Å². The van der Waals surface area contributed by atoms with Crippen LogP contribution in [0.1, 0.15) is 31.5 Å². The van der Waals surface area contributed by atoms with Gasteiger partial charge in [0.05, 0.1) is 5.75 Å². The van der Waals surface area contributed by atoms with E-state index in [0.29, 0.717) is 17.3 Å². The molecule has 6 heteroatoms. The fourth-order valence-electron chi connectivity index (χ4n) is 2.21. The summed E-state index contributed by atoms with van der Waals surface area (Å²) >= 11 is 3.06. The third-order valence-corrected chi connectivity index (χ3v) is 5.91. The Balaban J connectivity index is 1.54. The minimum atomic E-state index is -0.177. The van der Waals surface area contributed by atoms with Crippen LogP contribution in [0.15, 0.2) is 53.4 Å². The van der Waals surface area contributed by atoms with Crippen LogP contribution in [0.25, 0.3) is 0 Å². The van der Waals surface area contributed by atoms with Crippen LogP contribution in [0.2, 0.25) is 0 Å².